The molecule has 0 unspecified atom stereocenters. The summed E-state index contributed by atoms with van der Waals surface area (Å²) in [5, 5.41) is 12.7. The minimum absolute atomic E-state index is 0.279. The maximum Gasteiger partial charge on any atom is 0.262 e. The maximum absolute atomic E-state index is 13.0. The minimum Gasteiger partial charge on any atom is -0.493 e. The lowest BCUT2D eigenvalue weighted by molar-refractivity contribution is -0.118. The van der Waals surface area contributed by atoms with Gasteiger partial charge in [-0.1, -0.05) is 45.7 Å². The van der Waals surface area contributed by atoms with Crippen molar-refractivity contribution in [2.75, 3.05) is 19.0 Å². The molecule has 1 amide bonds. The van der Waals surface area contributed by atoms with E-state index in [0.29, 0.717) is 43.4 Å². The second-order valence-electron chi connectivity index (χ2n) is 6.52. The second kappa shape index (κ2) is 10.8. The first-order valence-corrected chi connectivity index (χ1v) is 10.5. The summed E-state index contributed by atoms with van der Waals surface area (Å²) in [6.07, 6.45) is 1.68. The Balaban J connectivity index is 1.79. The Morgan fingerprint density at radius 1 is 1.19 bits per heavy atom. The number of nitrogens with zero attached hydrogens (tertiary/aromatic N) is 1. The summed E-state index contributed by atoms with van der Waals surface area (Å²) in [5.41, 5.74) is 2.12. The van der Waals surface area contributed by atoms with E-state index in [1.54, 1.807) is 42.5 Å². The summed E-state index contributed by atoms with van der Waals surface area (Å²) in [4.78, 5) is 12.2. The molecule has 0 aliphatic heterocycles. The summed E-state index contributed by atoms with van der Waals surface area (Å²) in [6, 6.07) is 18.0. The fourth-order valence-corrected chi connectivity index (χ4v) is 3.49. The van der Waals surface area contributed by atoms with Gasteiger partial charge in [0.2, 0.25) is 0 Å². The fourth-order valence-electron chi connectivity index (χ4n) is 2.81. The van der Waals surface area contributed by atoms with Gasteiger partial charge < -0.3 is 14.8 Å². The predicted octanol–water partition coefficient (Wildman–Crippen LogP) is 6.33. The molecule has 0 heterocycles. The number of carbonyl (C=O) groups is 1. The average molecular weight is 516 g/mol. The molecule has 0 saturated heterocycles. The van der Waals surface area contributed by atoms with E-state index < -0.39 is 11.7 Å². The number of hydrogen-bond acceptors (Lipinski definition) is 4. The molecular weight excluding hydrogens is 499 g/mol. The number of amides is 1. The van der Waals surface area contributed by atoms with E-state index in [2.05, 4.69) is 27.3 Å². The summed E-state index contributed by atoms with van der Waals surface area (Å²) in [7, 11) is 1.47. The zero-order chi connectivity index (χ0) is 23.1. The standard InChI is InChI=1S/C24H17BrClFN2O3/c1-31-22-11-15(10-16(13-28)19-4-2-3-5-21(19)26)20(25)12-23(22)32-14-24(30)29-18-8-6-17(27)7-9-18/h2-12H,14H2,1H3,(H,29,30). The van der Waals surface area contributed by atoms with Crippen LogP contribution in [0.5, 0.6) is 11.5 Å². The second-order valence-corrected chi connectivity index (χ2v) is 7.78. The molecule has 3 rings (SSSR count). The Morgan fingerprint density at radius 2 is 1.91 bits per heavy atom. The van der Waals surface area contributed by atoms with Crippen LogP contribution in [0.4, 0.5) is 10.1 Å². The molecular formula is C24H17BrClFN2O3. The van der Waals surface area contributed by atoms with Crippen molar-refractivity contribution in [3.8, 4) is 17.6 Å². The van der Waals surface area contributed by atoms with Crippen molar-refractivity contribution < 1.29 is 18.7 Å². The lowest BCUT2D eigenvalue weighted by Gasteiger charge is -2.13. The van der Waals surface area contributed by atoms with Gasteiger partial charge in [0.05, 0.1) is 18.8 Å². The van der Waals surface area contributed by atoms with Crippen molar-refractivity contribution in [3.05, 3.63) is 87.1 Å². The lowest BCUT2D eigenvalue weighted by atomic mass is 10.0. The molecule has 0 bridgehead atoms. The molecule has 1 N–H and O–H groups in total. The molecule has 0 fully saturated rings. The first kappa shape index (κ1) is 23.3. The Kier molecular flexibility index (Phi) is 7.87. The third-order valence-electron chi connectivity index (χ3n) is 4.35. The molecule has 3 aromatic rings. The van der Waals surface area contributed by atoms with Gasteiger partial charge in [-0.25, -0.2) is 4.39 Å². The van der Waals surface area contributed by atoms with Crippen molar-refractivity contribution >= 4 is 50.8 Å². The first-order chi connectivity index (χ1) is 15.4. The maximum atomic E-state index is 13.0. The highest BCUT2D eigenvalue weighted by Crippen LogP contribution is 2.36. The van der Waals surface area contributed by atoms with E-state index in [1.807, 2.05) is 0 Å². The lowest BCUT2D eigenvalue weighted by Crippen LogP contribution is -2.20. The van der Waals surface area contributed by atoms with Crippen LogP contribution in [0.1, 0.15) is 11.1 Å². The van der Waals surface area contributed by atoms with Gasteiger partial charge in [0.1, 0.15) is 5.82 Å². The van der Waals surface area contributed by atoms with Gasteiger partial charge in [0.25, 0.3) is 5.91 Å². The largest absolute Gasteiger partial charge is 0.493 e. The van der Waals surface area contributed by atoms with Gasteiger partial charge in [0.15, 0.2) is 18.1 Å². The topological polar surface area (TPSA) is 71.3 Å². The number of hydrogen-bond donors (Lipinski definition) is 1. The summed E-state index contributed by atoms with van der Waals surface area (Å²) in [5.74, 6) is -0.0891. The molecule has 3 aromatic carbocycles. The number of ether oxygens (including phenoxy) is 2. The van der Waals surface area contributed by atoms with Gasteiger partial charge in [-0.15, -0.1) is 0 Å². The highest BCUT2D eigenvalue weighted by molar-refractivity contribution is 9.10. The summed E-state index contributed by atoms with van der Waals surface area (Å²) < 4.78 is 24.6. The van der Waals surface area contributed by atoms with E-state index in [-0.39, 0.29) is 6.61 Å². The normalized spacial score (nSPS) is 10.9. The van der Waals surface area contributed by atoms with Gasteiger partial charge in [0, 0.05) is 20.7 Å². The van der Waals surface area contributed by atoms with E-state index in [9.17, 15) is 14.4 Å². The number of allylic oxidation sites excluding steroid dienone is 1. The monoisotopic (exact) mass is 514 g/mol. The van der Waals surface area contributed by atoms with Crippen LogP contribution in [0.25, 0.3) is 11.6 Å². The van der Waals surface area contributed by atoms with Crippen LogP contribution in [0.2, 0.25) is 5.02 Å². The molecule has 0 aromatic heterocycles. The number of nitriles is 1. The molecule has 8 heteroatoms. The summed E-state index contributed by atoms with van der Waals surface area (Å²) in [6.45, 7) is -0.279. The van der Waals surface area contributed by atoms with Crippen molar-refractivity contribution in [2.45, 2.75) is 0 Å². The highest BCUT2D eigenvalue weighted by atomic mass is 79.9. The Bertz CT molecular complexity index is 1210. The SMILES string of the molecule is COc1cc(C=C(C#N)c2ccccc2Cl)c(Br)cc1OCC(=O)Nc1ccc(F)cc1. The zero-order valence-electron chi connectivity index (χ0n) is 16.9. The highest BCUT2D eigenvalue weighted by Gasteiger charge is 2.13. The summed E-state index contributed by atoms with van der Waals surface area (Å²) >= 11 is 9.69. The predicted molar refractivity (Wildman–Crippen MR) is 126 cm³/mol. The van der Waals surface area contributed by atoms with Crippen LogP contribution < -0.4 is 14.8 Å². The van der Waals surface area contributed by atoms with E-state index in [4.69, 9.17) is 21.1 Å². The average Bonchev–Trinajstić information content (AvgIpc) is 2.79. The van der Waals surface area contributed by atoms with Gasteiger partial charge in [-0.05, 0) is 54.1 Å². The van der Waals surface area contributed by atoms with Crippen molar-refractivity contribution in [3.63, 3.8) is 0 Å². The number of benzene rings is 3. The molecule has 5 nitrogen and oxygen atoms in total. The number of rotatable bonds is 7. The number of anilines is 1. The molecule has 0 aliphatic rings. The molecule has 32 heavy (non-hydrogen) atoms. The van der Waals surface area contributed by atoms with Crippen LogP contribution in [0.3, 0.4) is 0 Å². The van der Waals surface area contributed by atoms with Crippen molar-refractivity contribution in [2.24, 2.45) is 0 Å². The van der Waals surface area contributed by atoms with E-state index >= 15 is 0 Å². The van der Waals surface area contributed by atoms with Crippen LogP contribution in [-0.2, 0) is 4.79 Å². The fraction of sp³-hybridized carbons (Fsp3) is 0.0833. The molecule has 0 spiro atoms. The number of halogens is 3. The van der Waals surface area contributed by atoms with Crippen LogP contribution in [-0.4, -0.2) is 19.6 Å². The Hall–Kier alpha value is -3.34. The smallest absolute Gasteiger partial charge is 0.262 e. The van der Waals surface area contributed by atoms with E-state index in [1.165, 1.54) is 31.4 Å². The third kappa shape index (κ3) is 5.88. The molecule has 162 valence electrons. The Labute approximate surface area is 198 Å². The molecule has 0 radical (unpaired) electrons. The van der Waals surface area contributed by atoms with Crippen molar-refractivity contribution in [1.29, 1.82) is 5.26 Å². The Morgan fingerprint density at radius 3 is 2.56 bits per heavy atom. The van der Waals surface area contributed by atoms with Gasteiger partial charge in [-0.2, -0.15) is 5.26 Å². The van der Waals surface area contributed by atoms with E-state index in [0.717, 1.165) is 0 Å². The van der Waals surface area contributed by atoms with Crippen LogP contribution in [0.15, 0.2) is 65.1 Å². The third-order valence-corrected chi connectivity index (χ3v) is 5.37. The molecule has 0 atom stereocenters. The molecule has 0 saturated carbocycles. The number of methoxy groups -OCH3 is 1. The van der Waals surface area contributed by atoms with Gasteiger partial charge in [-0.3, -0.25) is 4.79 Å². The first-order valence-electron chi connectivity index (χ1n) is 9.33. The van der Waals surface area contributed by atoms with Crippen LogP contribution in [0, 0.1) is 17.1 Å². The van der Waals surface area contributed by atoms with Crippen molar-refractivity contribution in [1.82, 2.24) is 0 Å². The van der Waals surface area contributed by atoms with Crippen LogP contribution >= 0.6 is 27.5 Å². The zero-order valence-corrected chi connectivity index (χ0v) is 19.2. The van der Waals surface area contributed by atoms with Gasteiger partial charge >= 0.3 is 0 Å². The quantitative estimate of drug-likeness (QED) is 0.295. The molecule has 0 aliphatic carbocycles. The minimum atomic E-state index is -0.413. The number of nitrogens with one attached hydrogen (secondary N) is 1. The number of carbonyl (C=O) groups excluding carboxylic acids is 1.